The van der Waals surface area contributed by atoms with Crippen LogP contribution in [0, 0.1) is 0 Å². The lowest BCUT2D eigenvalue weighted by molar-refractivity contribution is 0.146. The maximum atomic E-state index is 12.2. The number of benzene rings is 1. The van der Waals surface area contributed by atoms with E-state index < -0.39 is 10.0 Å². The van der Waals surface area contributed by atoms with Gasteiger partial charge in [-0.1, -0.05) is 0 Å². The van der Waals surface area contributed by atoms with Crippen molar-refractivity contribution in [1.29, 1.82) is 0 Å². The summed E-state index contributed by atoms with van der Waals surface area (Å²) in [5, 5.41) is 2.96. The molecule has 2 rings (SSSR count). The number of hydrogen-bond donors (Lipinski definition) is 2. The number of nitrogens with one attached hydrogen (secondary N) is 2. The van der Waals surface area contributed by atoms with Gasteiger partial charge in [0.2, 0.25) is 5.96 Å². The van der Waals surface area contributed by atoms with E-state index in [1.807, 2.05) is 6.92 Å². The van der Waals surface area contributed by atoms with Crippen LogP contribution in [0.3, 0.4) is 0 Å². The number of hydrogen-bond acceptors (Lipinski definition) is 5. The van der Waals surface area contributed by atoms with Crippen molar-refractivity contribution in [2.24, 2.45) is 4.99 Å². The van der Waals surface area contributed by atoms with Gasteiger partial charge in [0.05, 0.1) is 12.8 Å². The largest absolute Gasteiger partial charge is 0.497 e. The highest BCUT2D eigenvalue weighted by molar-refractivity contribution is 7.90. The smallest absolute Gasteiger partial charge is 0.266 e. The number of fused-ring (bicyclic) bond motifs is 1. The van der Waals surface area contributed by atoms with Crippen molar-refractivity contribution in [3.63, 3.8) is 0 Å². The lowest BCUT2D eigenvalue weighted by atomic mass is 10.3. The van der Waals surface area contributed by atoms with E-state index in [4.69, 9.17) is 9.47 Å². The van der Waals surface area contributed by atoms with Gasteiger partial charge in [-0.15, -0.1) is 0 Å². The van der Waals surface area contributed by atoms with Crippen molar-refractivity contribution in [1.82, 2.24) is 4.72 Å². The van der Waals surface area contributed by atoms with Crippen LogP contribution in [-0.2, 0) is 14.8 Å². The normalized spacial score (nSPS) is 17.7. The Kier molecular flexibility index (Phi) is 5.03. The second kappa shape index (κ2) is 6.77. The van der Waals surface area contributed by atoms with Crippen LogP contribution in [0.15, 0.2) is 28.1 Å². The van der Waals surface area contributed by atoms with Gasteiger partial charge in [-0.2, -0.15) is 0 Å². The Labute approximate surface area is 124 Å². The van der Waals surface area contributed by atoms with E-state index in [9.17, 15) is 8.42 Å². The molecule has 1 aromatic carbocycles. The maximum absolute atomic E-state index is 12.2. The second-order valence-electron chi connectivity index (χ2n) is 4.37. The van der Waals surface area contributed by atoms with Gasteiger partial charge in [-0.05, 0) is 25.5 Å². The molecule has 1 aliphatic heterocycles. The summed E-state index contributed by atoms with van der Waals surface area (Å²) >= 11 is 0. The van der Waals surface area contributed by atoms with Crippen LogP contribution in [0.1, 0.15) is 13.3 Å². The minimum atomic E-state index is -3.63. The molecule has 0 atom stereocenters. The Morgan fingerprint density at radius 2 is 2.14 bits per heavy atom. The van der Waals surface area contributed by atoms with Crippen molar-refractivity contribution in [2.45, 2.75) is 18.2 Å². The third-order valence-electron chi connectivity index (χ3n) is 2.88. The molecule has 0 saturated carbocycles. The van der Waals surface area contributed by atoms with Crippen LogP contribution in [0.4, 0.5) is 5.69 Å². The van der Waals surface area contributed by atoms with Crippen molar-refractivity contribution in [3.8, 4) is 5.75 Å². The van der Waals surface area contributed by atoms with E-state index in [1.165, 1.54) is 13.2 Å². The van der Waals surface area contributed by atoms with Gasteiger partial charge < -0.3 is 14.8 Å². The summed E-state index contributed by atoms with van der Waals surface area (Å²) in [4.78, 5) is 4.34. The first-order valence-corrected chi connectivity index (χ1v) is 8.15. The van der Waals surface area contributed by atoms with Crippen molar-refractivity contribution >= 4 is 21.7 Å². The van der Waals surface area contributed by atoms with Gasteiger partial charge in [-0.3, -0.25) is 4.99 Å². The Hall–Kier alpha value is -1.80. The number of ether oxygens (including phenoxy) is 2. The molecular weight excluding hydrogens is 294 g/mol. The van der Waals surface area contributed by atoms with E-state index in [0.29, 0.717) is 31.2 Å². The number of guanidine groups is 1. The fourth-order valence-corrected chi connectivity index (χ4v) is 3.02. The molecule has 116 valence electrons. The summed E-state index contributed by atoms with van der Waals surface area (Å²) in [5.74, 6) is 0.710. The molecule has 1 aromatic rings. The minimum absolute atomic E-state index is 0.148. The molecule has 0 bridgehead atoms. The van der Waals surface area contributed by atoms with Crippen molar-refractivity contribution < 1.29 is 17.9 Å². The third kappa shape index (κ3) is 3.85. The lowest BCUT2D eigenvalue weighted by Crippen LogP contribution is -2.40. The molecule has 7 nitrogen and oxygen atoms in total. The zero-order chi connectivity index (χ0) is 15.3. The molecule has 0 aromatic heterocycles. The summed E-state index contributed by atoms with van der Waals surface area (Å²) in [7, 11) is -2.14. The predicted octanol–water partition coefficient (Wildman–Crippen LogP) is 1.18. The average Bonchev–Trinajstić information content (AvgIpc) is 2.46. The first kappa shape index (κ1) is 15.6. The van der Waals surface area contributed by atoms with E-state index >= 15 is 0 Å². The van der Waals surface area contributed by atoms with Gasteiger partial charge in [0.1, 0.15) is 10.6 Å². The quantitative estimate of drug-likeness (QED) is 0.770. The van der Waals surface area contributed by atoms with Crippen LogP contribution in [-0.4, -0.2) is 41.2 Å². The molecule has 2 N–H and O–H groups in total. The number of nitrogens with zero attached hydrogens (tertiary/aromatic N) is 1. The van der Waals surface area contributed by atoms with Gasteiger partial charge in [0.25, 0.3) is 10.0 Å². The van der Waals surface area contributed by atoms with Gasteiger partial charge in [0, 0.05) is 25.8 Å². The van der Waals surface area contributed by atoms with E-state index in [2.05, 4.69) is 15.0 Å². The van der Waals surface area contributed by atoms with Crippen molar-refractivity contribution in [3.05, 3.63) is 18.2 Å². The lowest BCUT2D eigenvalue weighted by Gasteiger charge is -2.21. The fraction of sp³-hybridized carbons (Fsp3) is 0.462. The molecule has 0 aliphatic carbocycles. The number of sulfonamides is 1. The Balaban J connectivity index is 2.12. The molecule has 0 fully saturated rings. The van der Waals surface area contributed by atoms with Gasteiger partial charge >= 0.3 is 0 Å². The van der Waals surface area contributed by atoms with Crippen LogP contribution < -0.4 is 14.8 Å². The van der Waals surface area contributed by atoms with E-state index in [1.54, 1.807) is 12.1 Å². The topological polar surface area (TPSA) is 89.0 Å². The molecule has 8 heteroatoms. The van der Waals surface area contributed by atoms with E-state index in [-0.39, 0.29) is 10.9 Å². The number of anilines is 1. The summed E-state index contributed by atoms with van der Waals surface area (Å²) in [6.07, 6.45) is 0.732. The molecule has 21 heavy (non-hydrogen) atoms. The SMILES string of the molecule is CCOCCCN=C1Nc2ccc(OC)cc2S(=O)(=O)N1. The standard InChI is InChI=1S/C13H19N3O4S/c1-3-20-8-4-7-14-13-15-11-6-5-10(19-2)9-12(11)21(17,18)16-13/h5-6,9H,3-4,7-8H2,1-2H3,(H2,14,15,16). The second-order valence-corrected chi connectivity index (χ2v) is 6.02. The molecular formula is C13H19N3O4S. The molecule has 0 spiro atoms. The zero-order valence-electron chi connectivity index (χ0n) is 12.0. The van der Waals surface area contributed by atoms with Crippen LogP contribution >= 0.6 is 0 Å². The van der Waals surface area contributed by atoms with Crippen LogP contribution in [0.2, 0.25) is 0 Å². The molecule has 1 heterocycles. The number of rotatable bonds is 6. The van der Waals surface area contributed by atoms with Gasteiger partial charge in [0.15, 0.2) is 0 Å². The molecule has 1 aliphatic rings. The minimum Gasteiger partial charge on any atom is -0.497 e. The Bertz CT molecular complexity index is 628. The zero-order valence-corrected chi connectivity index (χ0v) is 12.9. The highest BCUT2D eigenvalue weighted by Crippen LogP contribution is 2.28. The Morgan fingerprint density at radius 3 is 2.86 bits per heavy atom. The molecule has 0 unspecified atom stereocenters. The number of aliphatic imine (C=N–C) groups is 1. The third-order valence-corrected chi connectivity index (χ3v) is 4.26. The average molecular weight is 313 g/mol. The van der Waals surface area contributed by atoms with Gasteiger partial charge in [-0.25, -0.2) is 13.1 Å². The molecule has 0 saturated heterocycles. The first-order valence-electron chi connectivity index (χ1n) is 6.67. The summed E-state index contributed by atoms with van der Waals surface area (Å²) in [5.41, 5.74) is 0.484. The fourth-order valence-electron chi connectivity index (χ4n) is 1.86. The summed E-state index contributed by atoms with van der Waals surface area (Å²) < 4.78 is 37.0. The maximum Gasteiger partial charge on any atom is 0.266 e. The molecule has 0 amide bonds. The molecule has 0 radical (unpaired) electrons. The monoisotopic (exact) mass is 313 g/mol. The Morgan fingerprint density at radius 1 is 1.33 bits per heavy atom. The van der Waals surface area contributed by atoms with E-state index in [0.717, 1.165) is 6.42 Å². The highest BCUT2D eigenvalue weighted by atomic mass is 32.2. The van der Waals surface area contributed by atoms with Crippen LogP contribution in [0.5, 0.6) is 5.75 Å². The number of methoxy groups -OCH3 is 1. The summed E-state index contributed by atoms with van der Waals surface area (Å²) in [6, 6.07) is 4.82. The summed E-state index contributed by atoms with van der Waals surface area (Å²) in [6.45, 7) is 3.68. The first-order chi connectivity index (χ1) is 10.1. The predicted molar refractivity (Wildman–Crippen MR) is 80.4 cm³/mol. The highest BCUT2D eigenvalue weighted by Gasteiger charge is 2.26. The van der Waals surface area contributed by atoms with Crippen molar-refractivity contribution in [2.75, 3.05) is 32.2 Å². The van der Waals surface area contributed by atoms with Crippen LogP contribution in [0.25, 0.3) is 0 Å².